The first-order valence-electron chi connectivity index (χ1n) is 10.7. The fourth-order valence-corrected chi connectivity index (χ4v) is 3.46. The quantitative estimate of drug-likeness (QED) is 0.530. The van der Waals surface area contributed by atoms with Crippen molar-refractivity contribution in [2.75, 3.05) is 43.1 Å². The van der Waals surface area contributed by atoms with Gasteiger partial charge in [-0.3, -0.25) is 4.79 Å². The molecule has 0 atom stereocenters. The zero-order valence-electron chi connectivity index (χ0n) is 17.8. The van der Waals surface area contributed by atoms with Crippen LogP contribution in [0.25, 0.3) is 0 Å². The maximum atomic E-state index is 13.1. The second kappa shape index (κ2) is 10.8. The number of nitrogens with one attached hydrogen (secondary N) is 2. The van der Waals surface area contributed by atoms with Gasteiger partial charge in [-0.15, -0.1) is 0 Å². The van der Waals surface area contributed by atoms with Crippen molar-refractivity contribution in [1.29, 1.82) is 0 Å². The number of carbonyl (C=O) groups excluding carboxylic acids is 1. The highest BCUT2D eigenvalue weighted by Crippen LogP contribution is 2.16. The zero-order chi connectivity index (χ0) is 22.2. The number of benzene rings is 2. The van der Waals surface area contributed by atoms with Gasteiger partial charge in [-0.05, 0) is 29.8 Å². The molecule has 8 heteroatoms. The molecule has 166 valence electrons. The Balaban J connectivity index is 1.46. The summed E-state index contributed by atoms with van der Waals surface area (Å²) >= 11 is 0. The Labute approximate surface area is 186 Å². The van der Waals surface area contributed by atoms with E-state index in [-0.39, 0.29) is 11.7 Å². The fourth-order valence-electron chi connectivity index (χ4n) is 3.46. The van der Waals surface area contributed by atoms with E-state index >= 15 is 0 Å². The highest BCUT2D eigenvalue weighted by Gasteiger charge is 2.19. The number of rotatable bonds is 8. The summed E-state index contributed by atoms with van der Waals surface area (Å²) < 4.78 is 18.5. The van der Waals surface area contributed by atoms with Crippen LogP contribution in [0.3, 0.4) is 0 Å². The number of ether oxygens (including phenoxy) is 1. The Bertz CT molecular complexity index is 1020. The largest absolute Gasteiger partial charge is 0.378 e. The molecule has 2 N–H and O–H groups in total. The topological polar surface area (TPSA) is 79.4 Å². The van der Waals surface area contributed by atoms with Crippen molar-refractivity contribution < 1.29 is 13.9 Å². The van der Waals surface area contributed by atoms with Crippen LogP contribution in [-0.4, -0.2) is 48.7 Å². The summed E-state index contributed by atoms with van der Waals surface area (Å²) in [7, 11) is 0. The second-order valence-corrected chi connectivity index (χ2v) is 7.50. The van der Waals surface area contributed by atoms with Crippen LogP contribution in [0.5, 0.6) is 0 Å². The SMILES string of the molecule is O=C(Nc1ccccc1)c1cnc(N2CCOCC2)nc1CCNCc1ccc(F)cc1. The van der Waals surface area contributed by atoms with Crippen molar-refractivity contribution in [3.8, 4) is 0 Å². The Hall–Kier alpha value is -3.36. The summed E-state index contributed by atoms with van der Waals surface area (Å²) in [6.07, 6.45) is 2.16. The average molecular weight is 436 g/mol. The number of amides is 1. The maximum absolute atomic E-state index is 13.1. The van der Waals surface area contributed by atoms with Crippen LogP contribution in [0.15, 0.2) is 60.8 Å². The molecule has 7 nitrogen and oxygen atoms in total. The number of hydrogen-bond acceptors (Lipinski definition) is 6. The van der Waals surface area contributed by atoms with Crippen LogP contribution in [0.1, 0.15) is 21.6 Å². The average Bonchev–Trinajstić information content (AvgIpc) is 2.84. The van der Waals surface area contributed by atoms with Crippen LogP contribution >= 0.6 is 0 Å². The normalized spacial score (nSPS) is 13.7. The lowest BCUT2D eigenvalue weighted by molar-refractivity contribution is 0.102. The van der Waals surface area contributed by atoms with Crippen molar-refractivity contribution >= 4 is 17.5 Å². The first-order valence-corrected chi connectivity index (χ1v) is 10.7. The molecule has 1 aromatic heterocycles. The van der Waals surface area contributed by atoms with Gasteiger partial charge in [0, 0.05) is 44.5 Å². The zero-order valence-corrected chi connectivity index (χ0v) is 17.8. The van der Waals surface area contributed by atoms with E-state index in [0.717, 1.165) is 24.3 Å². The molecule has 1 aliphatic heterocycles. The number of nitrogens with zero attached hydrogens (tertiary/aromatic N) is 3. The third-order valence-corrected chi connectivity index (χ3v) is 5.21. The van der Waals surface area contributed by atoms with Crippen molar-refractivity contribution in [2.45, 2.75) is 13.0 Å². The summed E-state index contributed by atoms with van der Waals surface area (Å²) in [5.74, 6) is 0.121. The van der Waals surface area contributed by atoms with E-state index in [0.29, 0.717) is 49.9 Å². The van der Waals surface area contributed by atoms with Gasteiger partial charge in [0.25, 0.3) is 5.91 Å². The molecule has 0 bridgehead atoms. The van der Waals surface area contributed by atoms with Crippen molar-refractivity contribution in [3.63, 3.8) is 0 Å². The van der Waals surface area contributed by atoms with Crippen LogP contribution in [-0.2, 0) is 17.7 Å². The summed E-state index contributed by atoms with van der Waals surface area (Å²) in [4.78, 5) is 24.2. The molecular weight excluding hydrogens is 409 g/mol. The summed E-state index contributed by atoms with van der Waals surface area (Å²) in [5.41, 5.74) is 2.84. The summed E-state index contributed by atoms with van der Waals surface area (Å²) in [5, 5.41) is 6.25. The van der Waals surface area contributed by atoms with E-state index in [1.165, 1.54) is 12.1 Å². The van der Waals surface area contributed by atoms with Crippen molar-refractivity contribution in [2.24, 2.45) is 0 Å². The van der Waals surface area contributed by atoms with Gasteiger partial charge in [0.1, 0.15) is 5.82 Å². The number of halogens is 1. The van der Waals surface area contributed by atoms with Crippen LogP contribution in [0, 0.1) is 5.82 Å². The first kappa shape index (κ1) is 21.9. The standard InChI is InChI=1S/C24H26FN5O2/c25-19-8-6-18(7-9-19)16-26-11-10-22-21(23(31)28-20-4-2-1-3-5-20)17-27-24(29-22)30-12-14-32-15-13-30/h1-9,17,26H,10-16H2,(H,28,31). The maximum Gasteiger partial charge on any atom is 0.259 e. The lowest BCUT2D eigenvalue weighted by Crippen LogP contribution is -2.37. The number of morpholine rings is 1. The second-order valence-electron chi connectivity index (χ2n) is 7.50. The lowest BCUT2D eigenvalue weighted by Gasteiger charge is -2.27. The Morgan fingerprint density at radius 3 is 2.56 bits per heavy atom. The molecule has 0 spiro atoms. The molecule has 32 heavy (non-hydrogen) atoms. The molecule has 1 fully saturated rings. The molecule has 0 radical (unpaired) electrons. The predicted molar refractivity (Wildman–Crippen MR) is 121 cm³/mol. The molecule has 2 aromatic carbocycles. The molecule has 1 saturated heterocycles. The van der Waals surface area contributed by atoms with E-state index in [9.17, 15) is 9.18 Å². The van der Waals surface area contributed by atoms with Gasteiger partial charge in [-0.1, -0.05) is 30.3 Å². The molecule has 4 rings (SSSR count). The minimum absolute atomic E-state index is 0.238. The van der Waals surface area contributed by atoms with E-state index in [1.54, 1.807) is 18.3 Å². The molecule has 3 aromatic rings. The van der Waals surface area contributed by atoms with Crippen LogP contribution < -0.4 is 15.5 Å². The van der Waals surface area contributed by atoms with Crippen LogP contribution in [0.4, 0.5) is 16.0 Å². The Kier molecular flexibility index (Phi) is 7.37. The van der Waals surface area contributed by atoms with Gasteiger partial charge >= 0.3 is 0 Å². The number of hydrogen-bond donors (Lipinski definition) is 2. The summed E-state index contributed by atoms with van der Waals surface area (Å²) in [6, 6.07) is 15.7. The Morgan fingerprint density at radius 2 is 1.81 bits per heavy atom. The molecule has 0 aliphatic carbocycles. The minimum Gasteiger partial charge on any atom is -0.378 e. The Morgan fingerprint density at radius 1 is 1.06 bits per heavy atom. The predicted octanol–water partition coefficient (Wildman–Crippen LogP) is 3.04. The third kappa shape index (κ3) is 5.87. The molecule has 2 heterocycles. The molecule has 0 saturated carbocycles. The fraction of sp³-hybridized carbons (Fsp3) is 0.292. The monoisotopic (exact) mass is 435 g/mol. The molecule has 1 amide bonds. The van der Waals surface area contributed by atoms with Gasteiger partial charge < -0.3 is 20.3 Å². The number of anilines is 2. The van der Waals surface area contributed by atoms with Crippen LogP contribution in [0.2, 0.25) is 0 Å². The van der Waals surface area contributed by atoms with E-state index < -0.39 is 0 Å². The van der Waals surface area contributed by atoms with Gasteiger partial charge in [0.2, 0.25) is 5.95 Å². The van der Waals surface area contributed by atoms with Gasteiger partial charge in [-0.25, -0.2) is 14.4 Å². The smallest absolute Gasteiger partial charge is 0.259 e. The third-order valence-electron chi connectivity index (χ3n) is 5.21. The lowest BCUT2D eigenvalue weighted by atomic mass is 10.1. The molecule has 0 unspecified atom stereocenters. The van der Waals surface area contributed by atoms with E-state index in [1.807, 2.05) is 30.3 Å². The highest BCUT2D eigenvalue weighted by molar-refractivity contribution is 6.04. The van der Waals surface area contributed by atoms with E-state index in [4.69, 9.17) is 9.72 Å². The molecule has 1 aliphatic rings. The van der Waals surface area contributed by atoms with E-state index in [2.05, 4.69) is 20.5 Å². The summed E-state index contributed by atoms with van der Waals surface area (Å²) in [6.45, 7) is 3.92. The minimum atomic E-state index is -0.251. The number of carbonyl (C=O) groups is 1. The van der Waals surface area contributed by atoms with Crippen molar-refractivity contribution in [1.82, 2.24) is 15.3 Å². The first-order chi connectivity index (χ1) is 15.7. The van der Waals surface area contributed by atoms with Gasteiger partial charge in [0.05, 0.1) is 24.5 Å². The highest BCUT2D eigenvalue weighted by atomic mass is 19.1. The number of aromatic nitrogens is 2. The van der Waals surface area contributed by atoms with Gasteiger partial charge in [0.15, 0.2) is 0 Å². The van der Waals surface area contributed by atoms with Gasteiger partial charge in [-0.2, -0.15) is 0 Å². The number of para-hydroxylation sites is 1. The van der Waals surface area contributed by atoms with Crippen molar-refractivity contribution in [3.05, 3.63) is 83.4 Å². The molecular formula is C24H26FN5O2.